The monoisotopic (exact) mass is 393 g/mol. The molecule has 0 atom stereocenters. The minimum absolute atomic E-state index is 0.0883. The van der Waals surface area contributed by atoms with Gasteiger partial charge in [0.1, 0.15) is 29.8 Å². The predicted molar refractivity (Wildman–Crippen MR) is 106 cm³/mol. The SMILES string of the molecule is Cc1cc(NC(=O)/C(C#N)=C\c2ccc(OCc3ccccc3)c(Cl)c2)no1. The first-order chi connectivity index (χ1) is 13.5. The van der Waals surface area contributed by atoms with Crippen LogP contribution in [0.5, 0.6) is 5.75 Å². The van der Waals surface area contributed by atoms with Crippen molar-refractivity contribution in [2.75, 3.05) is 5.32 Å². The molecular weight excluding hydrogens is 378 g/mol. The van der Waals surface area contributed by atoms with E-state index < -0.39 is 5.91 Å². The maximum Gasteiger partial charge on any atom is 0.267 e. The van der Waals surface area contributed by atoms with Crippen molar-refractivity contribution < 1.29 is 14.1 Å². The van der Waals surface area contributed by atoms with Crippen LogP contribution in [0.1, 0.15) is 16.9 Å². The van der Waals surface area contributed by atoms with Gasteiger partial charge in [-0.3, -0.25) is 4.79 Å². The molecule has 0 saturated heterocycles. The molecule has 3 aromatic rings. The van der Waals surface area contributed by atoms with Gasteiger partial charge in [0.05, 0.1) is 5.02 Å². The van der Waals surface area contributed by atoms with Gasteiger partial charge in [0.15, 0.2) is 5.82 Å². The van der Waals surface area contributed by atoms with E-state index in [1.165, 1.54) is 6.08 Å². The zero-order valence-electron chi connectivity index (χ0n) is 15.0. The molecule has 3 rings (SSSR count). The maximum atomic E-state index is 12.2. The number of halogens is 1. The summed E-state index contributed by atoms with van der Waals surface area (Å²) in [6.07, 6.45) is 1.44. The number of carbonyl (C=O) groups is 1. The molecule has 1 aromatic heterocycles. The van der Waals surface area contributed by atoms with E-state index in [4.69, 9.17) is 20.9 Å². The molecule has 1 N–H and O–H groups in total. The van der Waals surface area contributed by atoms with Crippen molar-refractivity contribution in [2.45, 2.75) is 13.5 Å². The van der Waals surface area contributed by atoms with Gasteiger partial charge in [-0.2, -0.15) is 5.26 Å². The predicted octanol–water partition coefficient (Wildman–Crippen LogP) is 4.76. The van der Waals surface area contributed by atoms with Crippen molar-refractivity contribution in [2.24, 2.45) is 0 Å². The van der Waals surface area contributed by atoms with Crippen LogP contribution in [0.15, 0.2) is 64.7 Å². The van der Waals surface area contributed by atoms with Crippen molar-refractivity contribution in [1.82, 2.24) is 5.16 Å². The molecule has 0 fully saturated rings. The summed E-state index contributed by atoms with van der Waals surface area (Å²) in [5.74, 6) is 0.724. The molecule has 6 nitrogen and oxygen atoms in total. The van der Waals surface area contributed by atoms with E-state index in [1.807, 2.05) is 36.4 Å². The molecule has 0 aliphatic heterocycles. The van der Waals surface area contributed by atoms with Gasteiger partial charge < -0.3 is 14.6 Å². The standard InChI is InChI=1S/C21H16ClN3O3/c1-14-9-20(25-28-14)24-21(26)17(12-23)10-16-7-8-19(18(22)11-16)27-13-15-5-3-2-4-6-15/h2-11H,13H2,1H3,(H,24,25,26)/b17-10-. The fourth-order valence-electron chi connectivity index (χ4n) is 2.38. The average molecular weight is 394 g/mol. The summed E-state index contributed by atoms with van der Waals surface area (Å²) in [5, 5.41) is 15.9. The summed E-state index contributed by atoms with van der Waals surface area (Å²) in [6.45, 7) is 2.09. The molecule has 0 unspecified atom stereocenters. The van der Waals surface area contributed by atoms with Crippen LogP contribution in [0.2, 0.25) is 5.02 Å². The quantitative estimate of drug-likeness (QED) is 0.481. The highest BCUT2D eigenvalue weighted by atomic mass is 35.5. The Balaban J connectivity index is 1.70. The molecule has 1 heterocycles. The van der Waals surface area contributed by atoms with Crippen LogP contribution in [0.25, 0.3) is 6.08 Å². The summed E-state index contributed by atoms with van der Waals surface area (Å²) < 4.78 is 10.6. The summed E-state index contributed by atoms with van der Waals surface area (Å²) in [5.41, 5.74) is 1.53. The molecule has 1 amide bonds. The number of rotatable bonds is 6. The van der Waals surface area contributed by atoms with Gasteiger partial charge in [-0.1, -0.05) is 53.2 Å². The Kier molecular flexibility index (Phi) is 6.10. The Morgan fingerprint density at radius 1 is 1.29 bits per heavy atom. The second kappa shape index (κ2) is 8.89. The van der Waals surface area contributed by atoms with Crippen LogP contribution in [-0.4, -0.2) is 11.1 Å². The van der Waals surface area contributed by atoms with E-state index in [-0.39, 0.29) is 11.4 Å². The van der Waals surface area contributed by atoms with E-state index in [9.17, 15) is 10.1 Å². The lowest BCUT2D eigenvalue weighted by Gasteiger charge is -2.09. The number of hydrogen-bond acceptors (Lipinski definition) is 5. The number of carbonyl (C=O) groups excluding carboxylic acids is 1. The number of hydrogen-bond donors (Lipinski definition) is 1. The largest absolute Gasteiger partial charge is 0.487 e. The van der Waals surface area contributed by atoms with Crippen molar-refractivity contribution in [3.63, 3.8) is 0 Å². The zero-order valence-corrected chi connectivity index (χ0v) is 15.7. The molecule has 0 saturated carbocycles. The van der Waals surface area contributed by atoms with Gasteiger partial charge in [-0.15, -0.1) is 0 Å². The molecule has 0 aliphatic carbocycles. The number of nitrogens with zero attached hydrogens (tertiary/aromatic N) is 2. The van der Waals surface area contributed by atoms with Crippen LogP contribution >= 0.6 is 11.6 Å². The summed E-state index contributed by atoms with van der Waals surface area (Å²) >= 11 is 6.27. The number of ether oxygens (including phenoxy) is 1. The highest BCUT2D eigenvalue weighted by molar-refractivity contribution is 6.32. The van der Waals surface area contributed by atoms with E-state index in [0.717, 1.165) is 5.56 Å². The lowest BCUT2D eigenvalue weighted by molar-refractivity contribution is -0.112. The van der Waals surface area contributed by atoms with Crippen LogP contribution in [0, 0.1) is 18.3 Å². The molecular formula is C21H16ClN3O3. The third-order valence-electron chi connectivity index (χ3n) is 3.74. The second-order valence-corrected chi connectivity index (χ2v) is 6.32. The molecule has 0 radical (unpaired) electrons. The minimum atomic E-state index is -0.587. The maximum absolute atomic E-state index is 12.2. The molecule has 7 heteroatoms. The normalized spacial score (nSPS) is 11.0. The first-order valence-electron chi connectivity index (χ1n) is 8.38. The second-order valence-electron chi connectivity index (χ2n) is 5.91. The van der Waals surface area contributed by atoms with Gasteiger partial charge in [0.25, 0.3) is 5.91 Å². The van der Waals surface area contributed by atoms with Crippen LogP contribution in [0.4, 0.5) is 5.82 Å². The topological polar surface area (TPSA) is 88.2 Å². The van der Waals surface area contributed by atoms with E-state index >= 15 is 0 Å². The molecule has 2 aromatic carbocycles. The lowest BCUT2D eigenvalue weighted by atomic mass is 10.1. The van der Waals surface area contributed by atoms with Crippen molar-refractivity contribution >= 4 is 29.4 Å². The lowest BCUT2D eigenvalue weighted by Crippen LogP contribution is -2.13. The number of amides is 1. The summed E-state index contributed by atoms with van der Waals surface area (Å²) in [4.78, 5) is 12.2. The summed E-state index contributed by atoms with van der Waals surface area (Å²) in [7, 11) is 0. The number of benzene rings is 2. The van der Waals surface area contributed by atoms with Crippen LogP contribution in [0.3, 0.4) is 0 Å². The molecule has 0 bridgehead atoms. The molecule has 0 aliphatic rings. The smallest absolute Gasteiger partial charge is 0.267 e. The summed E-state index contributed by atoms with van der Waals surface area (Å²) in [6, 6.07) is 18.2. The Morgan fingerprint density at radius 2 is 2.07 bits per heavy atom. The molecule has 28 heavy (non-hydrogen) atoms. The number of aryl methyl sites for hydroxylation is 1. The third kappa shape index (κ3) is 5.00. The minimum Gasteiger partial charge on any atom is -0.487 e. The van der Waals surface area contributed by atoms with Gasteiger partial charge in [0, 0.05) is 6.07 Å². The van der Waals surface area contributed by atoms with Gasteiger partial charge in [-0.25, -0.2) is 0 Å². The fraction of sp³-hybridized carbons (Fsp3) is 0.0952. The Labute approximate surface area is 167 Å². The average Bonchev–Trinajstić information content (AvgIpc) is 3.10. The van der Waals surface area contributed by atoms with Gasteiger partial charge >= 0.3 is 0 Å². The number of nitriles is 1. The van der Waals surface area contributed by atoms with Crippen LogP contribution < -0.4 is 10.1 Å². The third-order valence-corrected chi connectivity index (χ3v) is 4.03. The molecule has 140 valence electrons. The fourth-order valence-corrected chi connectivity index (χ4v) is 2.63. The van der Waals surface area contributed by atoms with Crippen molar-refractivity contribution in [3.8, 4) is 11.8 Å². The van der Waals surface area contributed by atoms with Gasteiger partial charge in [-0.05, 0) is 36.3 Å². The van der Waals surface area contributed by atoms with Gasteiger partial charge in [0.2, 0.25) is 0 Å². The Morgan fingerprint density at radius 3 is 2.71 bits per heavy atom. The number of aromatic nitrogens is 1. The first kappa shape index (κ1) is 19.2. The Bertz CT molecular complexity index is 1050. The van der Waals surface area contributed by atoms with Crippen LogP contribution in [-0.2, 0) is 11.4 Å². The van der Waals surface area contributed by atoms with Crippen molar-refractivity contribution in [3.05, 3.63) is 82.1 Å². The highest BCUT2D eigenvalue weighted by Crippen LogP contribution is 2.27. The Hall–Kier alpha value is -3.56. The van der Waals surface area contributed by atoms with Crippen molar-refractivity contribution in [1.29, 1.82) is 5.26 Å². The molecule has 0 spiro atoms. The highest BCUT2D eigenvalue weighted by Gasteiger charge is 2.12. The number of nitrogens with one attached hydrogen (secondary N) is 1. The first-order valence-corrected chi connectivity index (χ1v) is 8.75. The zero-order chi connectivity index (χ0) is 19.9. The van der Waals surface area contributed by atoms with E-state index in [0.29, 0.717) is 28.7 Å². The van der Waals surface area contributed by atoms with E-state index in [2.05, 4.69) is 10.5 Å². The number of anilines is 1. The van der Waals surface area contributed by atoms with E-state index in [1.54, 1.807) is 31.2 Å².